The average Bonchev–Trinajstić information content (AvgIpc) is 2.27. The van der Waals surface area contributed by atoms with Gasteiger partial charge < -0.3 is 4.74 Å². The molecule has 0 atom stereocenters. The van der Waals surface area contributed by atoms with Crippen LogP contribution in [0.1, 0.15) is 42.1 Å². The first-order valence-electron chi connectivity index (χ1n) is 6.03. The smallest absolute Gasteiger partial charge is 0.188 e. The van der Waals surface area contributed by atoms with Crippen LogP contribution in [-0.4, -0.2) is 18.5 Å². The highest BCUT2D eigenvalue weighted by molar-refractivity contribution is 5.97. The highest BCUT2D eigenvalue weighted by Gasteiger charge is 2.19. The summed E-state index contributed by atoms with van der Waals surface area (Å²) >= 11 is 0. The van der Waals surface area contributed by atoms with Gasteiger partial charge in [-0.25, -0.2) is 0 Å². The van der Waals surface area contributed by atoms with Crippen LogP contribution in [0.2, 0.25) is 0 Å². The zero-order valence-corrected chi connectivity index (χ0v) is 9.74. The van der Waals surface area contributed by atoms with Crippen molar-refractivity contribution in [2.24, 2.45) is 0 Å². The van der Waals surface area contributed by atoms with Crippen molar-refractivity contribution in [3.63, 3.8) is 0 Å². The highest BCUT2D eigenvalue weighted by atomic mass is 16.5. The second-order valence-corrected chi connectivity index (χ2v) is 4.34. The van der Waals surface area contributed by atoms with Crippen molar-refractivity contribution in [3.05, 3.63) is 35.4 Å². The molecule has 2 rings (SSSR count). The molecule has 1 aromatic rings. The number of carbonyl (C=O) groups is 1. The molecule has 0 spiro atoms. The molecule has 1 saturated carbocycles. The Morgan fingerprint density at radius 3 is 2.50 bits per heavy atom. The van der Waals surface area contributed by atoms with E-state index in [0.29, 0.717) is 6.10 Å². The molecule has 0 aliphatic heterocycles. The normalized spacial score (nSPS) is 15.8. The van der Waals surface area contributed by atoms with Crippen LogP contribution in [0.25, 0.3) is 0 Å². The van der Waals surface area contributed by atoms with E-state index in [-0.39, 0.29) is 12.4 Å². The topological polar surface area (TPSA) is 26.3 Å². The molecule has 0 amide bonds. The summed E-state index contributed by atoms with van der Waals surface area (Å²) in [6.45, 7) is 2.34. The van der Waals surface area contributed by atoms with Crippen LogP contribution in [0.15, 0.2) is 24.3 Å². The minimum absolute atomic E-state index is 0.0922. The summed E-state index contributed by atoms with van der Waals surface area (Å²) in [6, 6.07) is 7.81. The number of Topliss-reactive ketones (excluding diaryl/α,β-unsaturated/α-hetero) is 1. The Morgan fingerprint density at radius 1 is 1.31 bits per heavy atom. The third-order valence-electron chi connectivity index (χ3n) is 3.19. The molecule has 2 heteroatoms. The first-order valence-corrected chi connectivity index (χ1v) is 6.03. The van der Waals surface area contributed by atoms with E-state index in [1.165, 1.54) is 12.0 Å². The molecular formula is C14H18O2. The molecular weight excluding hydrogens is 200 g/mol. The second-order valence-electron chi connectivity index (χ2n) is 4.34. The Balaban J connectivity index is 1.86. The molecule has 0 aromatic heterocycles. The monoisotopic (exact) mass is 218 g/mol. The predicted octanol–water partition coefficient (Wildman–Crippen LogP) is 3.00. The van der Waals surface area contributed by atoms with Crippen LogP contribution in [0, 0.1) is 0 Å². The number of rotatable bonds is 5. The van der Waals surface area contributed by atoms with E-state index in [0.717, 1.165) is 24.8 Å². The summed E-state index contributed by atoms with van der Waals surface area (Å²) in [4.78, 5) is 11.8. The first-order chi connectivity index (χ1) is 7.79. The molecule has 1 aliphatic carbocycles. The fraction of sp³-hybridized carbons (Fsp3) is 0.500. The molecule has 0 unspecified atom stereocenters. The van der Waals surface area contributed by atoms with Crippen molar-refractivity contribution in [2.45, 2.75) is 38.7 Å². The molecule has 2 nitrogen and oxygen atoms in total. The molecule has 1 aromatic carbocycles. The van der Waals surface area contributed by atoms with Crippen molar-refractivity contribution in [2.75, 3.05) is 6.61 Å². The lowest BCUT2D eigenvalue weighted by Gasteiger charge is -2.25. The summed E-state index contributed by atoms with van der Waals surface area (Å²) in [5.41, 5.74) is 2.02. The van der Waals surface area contributed by atoms with Gasteiger partial charge in [0, 0.05) is 5.56 Å². The molecule has 0 heterocycles. The highest BCUT2D eigenvalue weighted by Crippen LogP contribution is 2.21. The first kappa shape index (κ1) is 11.3. The SMILES string of the molecule is CCc1ccc(C(=O)COC2CCC2)cc1. The summed E-state index contributed by atoms with van der Waals surface area (Å²) in [5, 5.41) is 0. The third kappa shape index (κ3) is 2.70. The number of hydrogen-bond donors (Lipinski definition) is 0. The van der Waals surface area contributed by atoms with Gasteiger partial charge in [0.1, 0.15) is 6.61 Å². The van der Waals surface area contributed by atoms with Crippen molar-refractivity contribution >= 4 is 5.78 Å². The fourth-order valence-electron chi connectivity index (χ4n) is 1.74. The van der Waals surface area contributed by atoms with Crippen LogP contribution in [0.5, 0.6) is 0 Å². The largest absolute Gasteiger partial charge is 0.370 e. The van der Waals surface area contributed by atoms with E-state index < -0.39 is 0 Å². The number of carbonyl (C=O) groups excluding carboxylic acids is 1. The van der Waals surface area contributed by atoms with Crippen LogP contribution in [0.4, 0.5) is 0 Å². The Labute approximate surface area is 96.6 Å². The van der Waals surface area contributed by atoms with Gasteiger partial charge in [0.25, 0.3) is 0 Å². The summed E-state index contributed by atoms with van der Waals surface area (Å²) in [5.74, 6) is 0.0922. The Morgan fingerprint density at radius 2 is 2.00 bits per heavy atom. The fourth-order valence-corrected chi connectivity index (χ4v) is 1.74. The van der Waals surface area contributed by atoms with Gasteiger partial charge >= 0.3 is 0 Å². The van der Waals surface area contributed by atoms with E-state index in [1.54, 1.807) is 0 Å². The van der Waals surface area contributed by atoms with Gasteiger partial charge in [0.15, 0.2) is 5.78 Å². The van der Waals surface area contributed by atoms with E-state index in [9.17, 15) is 4.79 Å². The maximum absolute atomic E-state index is 11.8. The van der Waals surface area contributed by atoms with E-state index in [1.807, 2.05) is 24.3 Å². The molecule has 86 valence electrons. The lowest BCUT2D eigenvalue weighted by atomic mass is 9.96. The van der Waals surface area contributed by atoms with Gasteiger partial charge in [0.05, 0.1) is 6.10 Å². The molecule has 0 bridgehead atoms. The van der Waals surface area contributed by atoms with Crippen molar-refractivity contribution in [1.29, 1.82) is 0 Å². The van der Waals surface area contributed by atoms with E-state index >= 15 is 0 Å². The van der Waals surface area contributed by atoms with Gasteiger partial charge in [-0.1, -0.05) is 31.2 Å². The lowest BCUT2D eigenvalue weighted by Crippen LogP contribution is -2.24. The number of hydrogen-bond acceptors (Lipinski definition) is 2. The lowest BCUT2D eigenvalue weighted by molar-refractivity contribution is 0.00731. The zero-order chi connectivity index (χ0) is 11.4. The van der Waals surface area contributed by atoms with Gasteiger partial charge in [-0.15, -0.1) is 0 Å². The Bertz CT molecular complexity index is 350. The minimum atomic E-state index is 0.0922. The van der Waals surface area contributed by atoms with Crippen LogP contribution in [-0.2, 0) is 11.2 Å². The minimum Gasteiger partial charge on any atom is -0.370 e. The van der Waals surface area contributed by atoms with Gasteiger partial charge in [-0.05, 0) is 31.2 Å². The number of benzene rings is 1. The van der Waals surface area contributed by atoms with Crippen molar-refractivity contribution < 1.29 is 9.53 Å². The maximum atomic E-state index is 11.8. The molecule has 1 fully saturated rings. The molecule has 16 heavy (non-hydrogen) atoms. The van der Waals surface area contributed by atoms with Crippen LogP contribution >= 0.6 is 0 Å². The van der Waals surface area contributed by atoms with E-state index in [2.05, 4.69) is 6.92 Å². The second kappa shape index (κ2) is 5.26. The Hall–Kier alpha value is -1.15. The maximum Gasteiger partial charge on any atom is 0.188 e. The Kier molecular flexibility index (Phi) is 3.73. The summed E-state index contributed by atoms with van der Waals surface area (Å²) in [6.07, 6.45) is 4.81. The molecule has 0 saturated heterocycles. The van der Waals surface area contributed by atoms with Crippen LogP contribution < -0.4 is 0 Å². The van der Waals surface area contributed by atoms with Gasteiger partial charge in [0.2, 0.25) is 0 Å². The summed E-state index contributed by atoms with van der Waals surface area (Å²) < 4.78 is 5.50. The molecule has 0 N–H and O–H groups in total. The number of ether oxygens (including phenoxy) is 1. The van der Waals surface area contributed by atoms with E-state index in [4.69, 9.17) is 4.74 Å². The number of aryl methyl sites for hydroxylation is 1. The molecule has 1 aliphatic rings. The van der Waals surface area contributed by atoms with Crippen molar-refractivity contribution in [3.8, 4) is 0 Å². The number of ketones is 1. The standard InChI is InChI=1S/C14H18O2/c1-2-11-6-8-12(9-7-11)14(15)10-16-13-4-3-5-13/h6-9,13H,2-5,10H2,1H3. The third-order valence-corrected chi connectivity index (χ3v) is 3.19. The van der Waals surface area contributed by atoms with Crippen molar-refractivity contribution in [1.82, 2.24) is 0 Å². The quantitative estimate of drug-likeness (QED) is 0.710. The summed E-state index contributed by atoms with van der Waals surface area (Å²) in [7, 11) is 0. The average molecular weight is 218 g/mol. The van der Waals surface area contributed by atoms with Gasteiger partial charge in [-0.2, -0.15) is 0 Å². The van der Waals surface area contributed by atoms with Crippen LogP contribution in [0.3, 0.4) is 0 Å². The molecule has 0 radical (unpaired) electrons. The predicted molar refractivity (Wildman–Crippen MR) is 63.7 cm³/mol. The zero-order valence-electron chi connectivity index (χ0n) is 9.74. The van der Waals surface area contributed by atoms with Gasteiger partial charge in [-0.3, -0.25) is 4.79 Å².